The van der Waals surface area contributed by atoms with Gasteiger partial charge in [0.2, 0.25) is 0 Å². The second kappa shape index (κ2) is 7.65. The highest BCUT2D eigenvalue weighted by Gasteiger charge is 2.29. The van der Waals surface area contributed by atoms with Gasteiger partial charge < -0.3 is 9.64 Å². The van der Waals surface area contributed by atoms with Gasteiger partial charge in [-0.15, -0.1) is 0 Å². The summed E-state index contributed by atoms with van der Waals surface area (Å²) in [5.74, 6) is -0.310. The Hall–Kier alpha value is -1.10. The minimum Gasteiger partial charge on any atom is -0.444 e. The van der Waals surface area contributed by atoms with Crippen LogP contribution in [0.4, 0.5) is 9.18 Å². The van der Waals surface area contributed by atoms with Crippen LogP contribution in [0.25, 0.3) is 0 Å². The maximum atomic E-state index is 13.8. The molecule has 2 rings (SSSR count). The molecule has 3 nitrogen and oxygen atoms in total. The average Bonchev–Trinajstić information content (AvgIpc) is 2.47. The zero-order chi connectivity index (χ0) is 17.0. The Morgan fingerprint density at radius 2 is 1.96 bits per heavy atom. The Balaban J connectivity index is 2.17. The predicted octanol–water partition coefficient (Wildman–Crippen LogP) is 5.66. The van der Waals surface area contributed by atoms with Crippen molar-refractivity contribution in [3.05, 3.63) is 34.1 Å². The van der Waals surface area contributed by atoms with Gasteiger partial charge in [-0.1, -0.05) is 25.3 Å². The molecule has 1 aliphatic carbocycles. The fraction of sp³-hybridized carbons (Fsp3) is 0.611. The van der Waals surface area contributed by atoms with Crippen LogP contribution in [0.3, 0.4) is 0 Å². The number of benzene rings is 1. The maximum Gasteiger partial charge on any atom is 0.410 e. The van der Waals surface area contributed by atoms with Gasteiger partial charge in [-0.2, -0.15) is 0 Å². The Kier molecular flexibility index (Phi) is 6.06. The maximum absolute atomic E-state index is 13.8. The SMILES string of the molecule is CC(C)(C)OC(=O)N(Cc1ccc(Br)c(F)c1)C1CCCCC1. The highest BCUT2D eigenvalue weighted by Crippen LogP contribution is 2.26. The molecular weight excluding hydrogens is 361 g/mol. The van der Waals surface area contributed by atoms with E-state index in [1.54, 1.807) is 11.0 Å². The first-order chi connectivity index (χ1) is 10.8. The van der Waals surface area contributed by atoms with Crippen molar-refractivity contribution < 1.29 is 13.9 Å². The van der Waals surface area contributed by atoms with Crippen molar-refractivity contribution in [2.24, 2.45) is 0 Å². The molecule has 0 aromatic heterocycles. The molecular formula is C18H25BrFNO2. The van der Waals surface area contributed by atoms with Gasteiger partial charge in [0.05, 0.1) is 4.47 Å². The zero-order valence-electron chi connectivity index (χ0n) is 14.1. The van der Waals surface area contributed by atoms with Crippen LogP contribution >= 0.6 is 15.9 Å². The van der Waals surface area contributed by atoms with Crippen molar-refractivity contribution in [2.45, 2.75) is 71.1 Å². The van der Waals surface area contributed by atoms with E-state index in [4.69, 9.17) is 4.74 Å². The Morgan fingerprint density at radius 3 is 2.52 bits per heavy atom. The van der Waals surface area contributed by atoms with Crippen molar-refractivity contribution in [1.82, 2.24) is 4.90 Å². The van der Waals surface area contributed by atoms with Gasteiger partial charge in [-0.3, -0.25) is 0 Å². The lowest BCUT2D eigenvalue weighted by Crippen LogP contribution is -2.43. The van der Waals surface area contributed by atoms with E-state index in [2.05, 4.69) is 15.9 Å². The van der Waals surface area contributed by atoms with E-state index >= 15 is 0 Å². The second-order valence-corrected chi connectivity index (χ2v) is 8.00. The van der Waals surface area contributed by atoms with Crippen LogP contribution in [0.1, 0.15) is 58.4 Å². The molecule has 1 aliphatic rings. The van der Waals surface area contributed by atoms with Crippen LogP contribution in [0.5, 0.6) is 0 Å². The molecule has 0 N–H and O–H groups in total. The van der Waals surface area contributed by atoms with Gasteiger partial charge in [-0.25, -0.2) is 9.18 Å². The number of ether oxygens (including phenoxy) is 1. The molecule has 5 heteroatoms. The molecule has 23 heavy (non-hydrogen) atoms. The van der Waals surface area contributed by atoms with Crippen molar-refractivity contribution in [3.63, 3.8) is 0 Å². The molecule has 0 atom stereocenters. The van der Waals surface area contributed by atoms with Crippen LogP contribution in [-0.2, 0) is 11.3 Å². The summed E-state index contributed by atoms with van der Waals surface area (Å²) in [6.07, 6.45) is 5.12. The normalized spacial score (nSPS) is 16.2. The molecule has 0 bridgehead atoms. The van der Waals surface area contributed by atoms with E-state index in [9.17, 15) is 9.18 Å². The third-order valence-electron chi connectivity index (χ3n) is 3.98. The minimum atomic E-state index is -0.533. The summed E-state index contributed by atoms with van der Waals surface area (Å²) in [7, 11) is 0. The van der Waals surface area contributed by atoms with Crippen LogP contribution in [-0.4, -0.2) is 22.6 Å². The first-order valence-corrected chi connectivity index (χ1v) is 8.99. The smallest absolute Gasteiger partial charge is 0.410 e. The quantitative estimate of drug-likeness (QED) is 0.671. The molecule has 0 spiro atoms. The van der Waals surface area contributed by atoms with E-state index in [0.29, 0.717) is 11.0 Å². The molecule has 0 aliphatic heterocycles. The molecule has 1 fully saturated rings. The van der Waals surface area contributed by atoms with Crippen molar-refractivity contribution in [2.75, 3.05) is 0 Å². The number of hydrogen-bond donors (Lipinski definition) is 0. The van der Waals surface area contributed by atoms with Gasteiger partial charge in [0.25, 0.3) is 0 Å². The average molecular weight is 386 g/mol. The Morgan fingerprint density at radius 1 is 1.30 bits per heavy atom. The van der Waals surface area contributed by atoms with E-state index < -0.39 is 5.60 Å². The van der Waals surface area contributed by atoms with Gasteiger partial charge in [0.15, 0.2) is 0 Å². The number of hydrogen-bond acceptors (Lipinski definition) is 2. The standard InChI is InChI=1S/C18H25BrFNO2/c1-18(2,3)23-17(22)21(14-7-5-4-6-8-14)12-13-9-10-15(19)16(20)11-13/h9-11,14H,4-8,12H2,1-3H3. The van der Waals surface area contributed by atoms with Crippen LogP contribution < -0.4 is 0 Å². The number of carbonyl (C=O) groups excluding carboxylic acids is 1. The molecule has 1 aromatic carbocycles. The van der Waals surface area contributed by atoms with Crippen LogP contribution in [0.2, 0.25) is 0 Å². The summed E-state index contributed by atoms with van der Waals surface area (Å²) in [6, 6.07) is 5.17. The van der Waals surface area contributed by atoms with Gasteiger partial charge in [-0.05, 0) is 67.2 Å². The molecule has 0 saturated heterocycles. The lowest BCUT2D eigenvalue weighted by atomic mass is 9.94. The van der Waals surface area contributed by atoms with E-state index in [-0.39, 0.29) is 18.0 Å². The first kappa shape index (κ1) is 18.2. The van der Waals surface area contributed by atoms with Crippen LogP contribution in [0, 0.1) is 5.82 Å². The number of amides is 1. The topological polar surface area (TPSA) is 29.5 Å². The van der Waals surface area contributed by atoms with Gasteiger partial charge in [0, 0.05) is 12.6 Å². The van der Waals surface area contributed by atoms with Crippen molar-refractivity contribution >= 4 is 22.0 Å². The summed E-state index contributed by atoms with van der Waals surface area (Å²) in [5, 5.41) is 0. The van der Waals surface area contributed by atoms with Crippen molar-refractivity contribution in [3.8, 4) is 0 Å². The first-order valence-electron chi connectivity index (χ1n) is 8.20. The second-order valence-electron chi connectivity index (χ2n) is 7.15. The highest BCUT2D eigenvalue weighted by molar-refractivity contribution is 9.10. The number of carbonyl (C=O) groups is 1. The van der Waals surface area contributed by atoms with E-state index in [1.807, 2.05) is 26.8 Å². The lowest BCUT2D eigenvalue weighted by Gasteiger charge is -2.35. The fourth-order valence-corrected chi connectivity index (χ4v) is 3.14. The van der Waals surface area contributed by atoms with Gasteiger partial charge in [0.1, 0.15) is 11.4 Å². The molecule has 0 heterocycles. The monoisotopic (exact) mass is 385 g/mol. The third-order valence-corrected chi connectivity index (χ3v) is 4.62. The summed E-state index contributed by atoms with van der Waals surface area (Å²) in [4.78, 5) is 14.4. The molecule has 128 valence electrons. The molecule has 1 saturated carbocycles. The van der Waals surface area contributed by atoms with Crippen LogP contribution in [0.15, 0.2) is 22.7 Å². The zero-order valence-corrected chi connectivity index (χ0v) is 15.7. The largest absolute Gasteiger partial charge is 0.444 e. The highest BCUT2D eigenvalue weighted by atomic mass is 79.9. The summed E-state index contributed by atoms with van der Waals surface area (Å²) >= 11 is 3.16. The minimum absolute atomic E-state index is 0.172. The fourth-order valence-electron chi connectivity index (χ4n) is 2.89. The third kappa shape index (κ3) is 5.48. The number of rotatable bonds is 3. The van der Waals surface area contributed by atoms with E-state index in [1.165, 1.54) is 12.5 Å². The summed E-state index contributed by atoms with van der Waals surface area (Å²) in [5.41, 5.74) is 0.247. The van der Waals surface area contributed by atoms with E-state index in [0.717, 1.165) is 31.2 Å². The van der Waals surface area contributed by atoms with Crippen molar-refractivity contribution in [1.29, 1.82) is 0 Å². The Labute approximate surface area is 146 Å². The molecule has 0 unspecified atom stereocenters. The summed E-state index contributed by atoms with van der Waals surface area (Å²) < 4.78 is 19.8. The number of halogens is 2. The molecule has 1 amide bonds. The molecule has 0 radical (unpaired) electrons. The Bertz CT molecular complexity index is 550. The number of nitrogens with zero attached hydrogens (tertiary/aromatic N) is 1. The molecule has 1 aromatic rings. The predicted molar refractivity (Wildman–Crippen MR) is 92.8 cm³/mol. The van der Waals surface area contributed by atoms with Gasteiger partial charge >= 0.3 is 6.09 Å². The lowest BCUT2D eigenvalue weighted by molar-refractivity contribution is 0.00986. The summed E-state index contributed by atoms with van der Waals surface area (Å²) in [6.45, 7) is 5.97.